The normalized spacial score (nSPS) is 16.7. The number of amides is 1. The van der Waals surface area contributed by atoms with Gasteiger partial charge in [0.1, 0.15) is 6.04 Å². The van der Waals surface area contributed by atoms with Crippen molar-refractivity contribution in [2.45, 2.75) is 13.0 Å². The number of benzene rings is 2. The summed E-state index contributed by atoms with van der Waals surface area (Å²) in [5.74, 6) is 1.06. The summed E-state index contributed by atoms with van der Waals surface area (Å²) in [4.78, 5) is 33.2. The molecule has 0 spiro atoms. The van der Waals surface area contributed by atoms with Gasteiger partial charge in [0.25, 0.3) is 11.5 Å². The summed E-state index contributed by atoms with van der Waals surface area (Å²) in [6.45, 7) is 2.00. The van der Waals surface area contributed by atoms with Gasteiger partial charge in [-0.05, 0) is 54.3 Å². The van der Waals surface area contributed by atoms with Crippen LogP contribution in [0, 0.1) is 0 Å². The predicted octanol–water partition coefficient (Wildman–Crippen LogP) is 3.66. The van der Waals surface area contributed by atoms with E-state index in [1.807, 2.05) is 79.0 Å². The summed E-state index contributed by atoms with van der Waals surface area (Å²) >= 11 is 2.81. The molecular weight excluding hydrogens is 482 g/mol. The zero-order valence-corrected chi connectivity index (χ0v) is 20.2. The van der Waals surface area contributed by atoms with E-state index in [0.717, 1.165) is 10.4 Å². The van der Waals surface area contributed by atoms with Crippen LogP contribution in [0.3, 0.4) is 0 Å². The van der Waals surface area contributed by atoms with Crippen molar-refractivity contribution < 1.29 is 14.3 Å². The number of rotatable bonds is 4. The lowest BCUT2D eigenvalue weighted by molar-refractivity contribution is -0.113. The summed E-state index contributed by atoms with van der Waals surface area (Å²) in [5.41, 5.74) is 2.36. The highest BCUT2D eigenvalue weighted by Gasteiger charge is 2.33. The van der Waals surface area contributed by atoms with Crippen LogP contribution in [-0.2, 0) is 4.79 Å². The van der Waals surface area contributed by atoms with E-state index >= 15 is 0 Å². The molecule has 0 fully saturated rings. The zero-order valence-electron chi connectivity index (χ0n) is 18.6. The largest absolute Gasteiger partial charge is 0.454 e. The number of aromatic nitrogens is 1. The Morgan fingerprint density at radius 1 is 1.11 bits per heavy atom. The predicted molar refractivity (Wildman–Crippen MR) is 136 cm³/mol. The summed E-state index contributed by atoms with van der Waals surface area (Å²) in [5, 5.41) is 4.90. The van der Waals surface area contributed by atoms with Gasteiger partial charge < -0.3 is 14.8 Å². The van der Waals surface area contributed by atoms with Gasteiger partial charge in [0.15, 0.2) is 16.3 Å². The van der Waals surface area contributed by atoms with E-state index < -0.39 is 6.04 Å². The molecule has 0 aliphatic carbocycles. The Hall–Kier alpha value is -3.95. The zero-order chi connectivity index (χ0) is 23.9. The number of thiazole rings is 1. The Morgan fingerprint density at radius 2 is 1.94 bits per heavy atom. The first-order chi connectivity index (χ1) is 17.1. The van der Waals surface area contributed by atoms with E-state index in [1.165, 1.54) is 22.7 Å². The van der Waals surface area contributed by atoms with Gasteiger partial charge in [0.2, 0.25) is 6.79 Å². The summed E-state index contributed by atoms with van der Waals surface area (Å²) in [6, 6.07) is 18.1. The van der Waals surface area contributed by atoms with Gasteiger partial charge in [0, 0.05) is 10.6 Å². The summed E-state index contributed by atoms with van der Waals surface area (Å²) < 4.78 is 13.0. The van der Waals surface area contributed by atoms with E-state index in [9.17, 15) is 9.59 Å². The second-order valence-electron chi connectivity index (χ2n) is 8.03. The van der Waals surface area contributed by atoms with E-state index in [2.05, 4.69) is 10.3 Å². The van der Waals surface area contributed by atoms with Crippen molar-refractivity contribution in [3.05, 3.63) is 107 Å². The number of anilines is 1. The van der Waals surface area contributed by atoms with Crippen LogP contribution in [-0.4, -0.2) is 17.3 Å². The van der Waals surface area contributed by atoms with Gasteiger partial charge >= 0.3 is 0 Å². The average molecular weight is 502 g/mol. The van der Waals surface area contributed by atoms with Crippen molar-refractivity contribution in [3.8, 4) is 11.5 Å². The van der Waals surface area contributed by atoms with Gasteiger partial charge in [-0.2, -0.15) is 0 Å². The topological polar surface area (TPSA) is 81.9 Å². The van der Waals surface area contributed by atoms with Gasteiger partial charge in [-0.25, -0.2) is 4.99 Å². The molecule has 0 saturated heterocycles. The first-order valence-electron chi connectivity index (χ1n) is 10.9. The fraction of sp³-hybridized carbons (Fsp3) is 0.115. The number of fused-ring (bicyclic) bond motifs is 2. The molecule has 1 amide bonds. The minimum absolute atomic E-state index is 0.189. The van der Waals surface area contributed by atoms with Crippen molar-refractivity contribution in [2.24, 2.45) is 4.99 Å². The van der Waals surface area contributed by atoms with Gasteiger partial charge in [-0.3, -0.25) is 14.2 Å². The van der Waals surface area contributed by atoms with E-state index in [0.29, 0.717) is 37.8 Å². The third kappa shape index (κ3) is 3.88. The van der Waals surface area contributed by atoms with Crippen molar-refractivity contribution in [1.82, 2.24) is 4.57 Å². The lowest BCUT2D eigenvalue weighted by Crippen LogP contribution is -2.40. The van der Waals surface area contributed by atoms with Gasteiger partial charge in [-0.1, -0.05) is 41.7 Å². The maximum atomic E-state index is 13.7. The SMILES string of the molecule is CC1=C(C(=O)Nc2ccccc2)C(c2cccs2)n2c(s/c(=C\c3ccc4c(c3)OCO4)c2=O)=N1. The Labute approximate surface area is 207 Å². The number of hydrogen-bond acceptors (Lipinski definition) is 7. The third-order valence-electron chi connectivity index (χ3n) is 5.81. The molecule has 7 nitrogen and oxygen atoms in total. The second kappa shape index (κ2) is 8.68. The number of carbonyl (C=O) groups excluding carboxylic acids is 1. The number of nitrogens with one attached hydrogen (secondary N) is 1. The molecule has 35 heavy (non-hydrogen) atoms. The van der Waals surface area contributed by atoms with Crippen LogP contribution in [0.1, 0.15) is 23.4 Å². The van der Waals surface area contributed by atoms with Crippen molar-refractivity contribution in [3.63, 3.8) is 0 Å². The van der Waals surface area contributed by atoms with Gasteiger partial charge in [-0.15, -0.1) is 11.3 Å². The van der Waals surface area contributed by atoms with Gasteiger partial charge in [0.05, 0.1) is 15.8 Å². The Kier molecular flexibility index (Phi) is 5.35. The fourth-order valence-corrected chi connectivity index (χ4v) is 6.07. The number of para-hydroxylation sites is 1. The quantitative estimate of drug-likeness (QED) is 0.463. The van der Waals surface area contributed by atoms with Crippen LogP contribution in [0.4, 0.5) is 5.69 Å². The highest BCUT2D eigenvalue weighted by atomic mass is 32.1. The molecule has 1 unspecified atom stereocenters. The molecule has 2 aliphatic rings. The molecule has 6 rings (SSSR count). The molecule has 0 radical (unpaired) electrons. The minimum Gasteiger partial charge on any atom is -0.454 e. The Bertz CT molecular complexity index is 1650. The molecular formula is C26H19N3O4S2. The van der Waals surface area contributed by atoms with E-state index in [1.54, 1.807) is 4.57 Å². The molecule has 1 atom stereocenters. The fourth-order valence-electron chi connectivity index (χ4n) is 4.20. The lowest BCUT2D eigenvalue weighted by Gasteiger charge is -2.24. The number of carbonyl (C=O) groups is 1. The summed E-state index contributed by atoms with van der Waals surface area (Å²) in [7, 11) is 0. The number of nitrogens with zero attached hydrogens (tertiary/aromatic N) is 2. The molecule has 4 heterocycles. The average Bonchev–Trinajstić information content (AvgIpc) is 3.60. The minimum atomic E-state index is -0.561. The highest BCUT2D eigenvalue weighted by molar-refractivity contribution is 7.10. The van der Waals surface area contributed by atoms with Crippen LogP contribution in [0.5, 0.6) is 11.5 Å². The van der Waals surface area contributed by atoms with Crippen LogP contribution >= 0.6 is 22.7 Å². The maximum absolute atomic E-state index is 13.7. The van der Waals surface area contributed by atoms with E-state index in [4.69, 9.17) is 9.47 Å². The molecule has 9 heteroatoms. The first-order valence-corrected chi connectivity index (χ1v) is 12.6. The first kappa shape index (κ1) is 21.6. The molecule has 4 aromatic rings. The van der Waals surface area contributed by atoms with Crippen molar-refractivity contribution in [1.29, 1.82) is 0 Å². The molecule has 0 bridgehead atoms. The lowest BCUT2D eigenvalue weighted by atomic mass is 10.0. The standard InChI is InChI=1S/C26H19N3O4S2/c1-15-22(24(30)28-17-6-3-2-4-7-17)23(20-8-5-11-34-20)29-25(31)21(35-26(29)27-15)13-16-9-10-18-19(12-16)33-14-32-18/h2-13,23H,14H2,1H3,(H,28,30)/b21-13-. The monoisotopic (exact) mass is 501 g/mol. The van der Waals surface area contributed by atoms with Crippen LogP contribution < -0.4 is 29.7 Å². The Morgan fingerprint density at radius 3 is 2.74 bits per heavy atom. The smallest absolute Gasteiger partial charge is 0.271 e. The number of thiophene rings is 1. The summed E-state index contributed by atoms with van der Waals surface area (Å²) in [6.07, 6.45) is 1.82. The molecule has 174 valence electrons. The number of allylic oxidation sites excluding steroid dienone is 1. The molecule has 0 saturated carbocycles. The van der Waals surface area contributed by atoms with Crippen molar-refractivity contribution in [2.75, 3.05) is 12.1 Å². The van der Waals surface area contributed by atoms with E-state index in [-0.39, 0.29) is 18.3 Å². The van der Waals surface area contributed by atoms with Crippen LogP contribution in [0.15, 0.2) is 87.1 Å². The highest BCUT2D eigenvalue weighted by Crippen LogP contribution is 2.34. The Balaban J connectivity index is 1.47. The molecule has 2 aromatic carbocycles. The number of hydrogen-bond donors (Lipinski definition) is 1. The molecule has 1 N–H and O–H groups in total. The van der Waals surface area contributed by atoms with Crippen molar-refractivity contribution >= 4 is 40.3 Å². The second-order valence-corrected chi connectivity index (χ2v) is 10.0. The van der Waals surface area contributed by atoms with Crippen LogP contribution in [0.2, 0.25) is 0 Å². The third-order valence-corrected chi connectivity index (χ3v) is 7.71. The maximum Gasteiger partial charge on any atom is 0.271 e. The van der Waals surface area contributed by atoms with Crippen LogP contribution in [0.25, 0.3) is 6.08 Å². The molecule has 2 aliphatic heterocycles. The molecule has 2 aromatic heterocycles. The number of ether oxygens (including phenoxy) is 2.